The van der Waals surface area contributed by atoms with Crippen LogP contribution < -0.4 is 4.90 Å². The lowest BCUT2D eigenvalue weighted by Crippen LogP contribution is -2.30. The number of rotatable bonds is 3. The molecule has 1 heterocycles. The number of nitrogens with zero attached hydrogens (tertiary/aromatic N) is 3. The summed E-state index contributed by atoms with van der Waals surface area (Å²) in [7, 11) is 2.06. The summed E-state index contributed by atoms with van der Waals surface area (Å²) in [5.74, 6) is 1.23. The molecular formula is C11H15Cl2N3. The predicted molar refractivity (Wildman–Crippen MR) is 67.3 cm³/mol. The Bertz CT molecular complexity index is 364. The van der Waals surface area contributed by atoms with Crippen LogP contribution in [0.1, 0.15) is 31.2 Å². The number of aromatic nitrogens is 2. The van der Waals surface area contributed by atoms with E-state index < -0.39 is 0 Å². The van der Waals surface area contributed by atoms with E-state index in [1.807, 2.05) is 0 Å². The highest BCUT2D eigenvalue weighted by molar-refractivity contribution is 6.31. The topological polar surface area (TPSA) is 29.0 Å². The van der Waals surface area contributed by atoms with Gasteiger partial charge >= 0.3 is 0 Å². The minimum Gasteiger partial charge on any atom is -0.356 e. The van der Waals surface area contributed by atoms with E-state index in [-0.39, 0.29) is 0 Å². The molecule has 0 N–H and O–H groups in total. The molecule has 5 heteroatoms. The second kappa shape index (κ2) is 5.19. The largest absolute Gasteiger partial charge is 0.356 e. The zero-order chi connectivity index (χ0) is 11.5. The summed E-state index contributed by atoms with van der Waals surface area (Å²) in [4.78, 5) is 10.5. The lowest BCUT2D eigenvalue weighted by atomic mass is 10.2. The van der Waals surface area contributed by atoms with Crippen molar-refractivity contribution in [1.82, 2.24) is 9.97 Å². The van der Waals surface area contributed by atoms with Crippen LogP contribution in [-0.4, -0.2) is 23.1 Å². The van der Waals surface area contributed by atoms with Crippen molar-refractivity contribution >= 4 is 29.0 Å². The first-order chi connectivity index (χ1) is 7.74. The second-order valence-electron chi connectivity index (χ2n) is 4.15. The molecule has 0 saturated heterocycles. The fraction of sp³-hybridized carbons (Fsp3) is 0.636. The third-order valence-electron chi connectivity index (χ3n) is 3.21. The summed E-state index contributed by atoms with van der Waals surface area (Å²) >= 11 is 11.9. The molecule has 1 aliphatic rings. The maximum Gasteiger partial charge on any atom is 0.138 e. The number of alkyl halides is 1. The molecule has 1 aromatic rings. The van der Waals surface area contributed by atoms with Crippen molar-refractivity contribution in [1.29, 1.82) is 0 Å². The Labute approximate surface area is 106 Å². The maximum atomic E-state index is 6.02. The highest BCUT2D eigenvalue weighted by Gasteiger charge is 2.23. The molecule has 0 amide bonds. The van der Waals surface area contributed by atoms with Gasteiger partial charge in [0.25, 0.3) is 0 Å². The van der Waals surface area contributed by atoms with E-state index in [2.05, 4.69) is 21.9 Å². The molecule has 0 unspecified atom stereocenters. The van der Waals surface area contributed by atoms with E-state index in [4.69, 9.17) is 23.2 Å². The van der Waals surface area contributed by atoms with Gasteiger partial charge in [-0.2, -0.15) is 0 Å². The molecule has 2 rings (SSSR count). The van der Waals surface area contributed by atoms with Gasteiger partial charge < -0.3 is 4.90 Å². The number of hydrogen-bond acceptors (Lipinski definition) is 3. The Morgan fingerprint density at radius 1 is 1.38 bits per heavy atom. The Balaban J connectivity index is 2.27. The van der Waals surface area contributed by atoms with Crippen molar-refractivity contribution in [3.8, 4) is 0 Å². The van der Waals surface area contributed by atoms with E-state index in [1.165, 1.54) is 32.0 Å². The van der Waals surface area contributed by atoms with Crippen LogP contribution in [0.2, 0.25) is 5.15 Å². The minimum absolute atomic E-state index is 0.353. The van der Waals surface area contributed by atoms with Crippen molar-refractivity contribution in [2.24, 2.45) is 0 Å². The number of anilines is 1. The average Bonchev–Trinajstić information content (AvgIpc) is 2.81. The Kier molecular flexibility index (Phi) is 3.87. The van der Waals surface area contributed by atoms with Crippen molar-refractivity contribution in [2.75, 3.05) is 11.9 Å². The second-order valence-corrected chi connectivity index (χ2v) is 4.77. The lowest BCUT2D eigenvalue weighted by molar-refractivity contribution is 0.643. The van der Waals surface area contributed by atoms with Crippen molar-refractivity contribution in [3.05, 3.63) is 17.0 Å². The van der Waals surface area contributed by atoms with Gasteiger partial charge in [-0.1, -0.05) is 24.4 Å². The highest BCUT2D eigenvalue weighted by Crippen LogP contribution is 2.30. The fourth-order valence-electron chi connectivity index (χ4n) is 2.27. The van der Waals surface area contributed by atoms with Crippen LogP contribution in [0.5, 0.6) is 0 Å². The van der Waals surface area contributed by atoms with Crippen molar-refractivity contribution < 1.29 is 0 Å². The van der Waals surface area contributed by atoms with Gasteiger partial charge in [-0.3, -0.25) is 0 Å². The summed E-state index contributed by atoms with van der Waals surface area (Å²) in [6, 6.07) is 0.563. The van der Waals surface area contributed by atoms with Gasteiger partial charge in [-0.25, -0.2) is 9.97 Å². The molecule has 0 atom stereocenters. The van der Waals surface area contributed by atoms with E-state index in [0.29, 0.717) is 17.1 Å². The molecule has 0 spiro atoms. The molecule has 0 aliphatic heterocycles. The number of hydrogen-bond donors (Lipinski definition) is 0. The molecule has 0 bridgehead atoms. The molecule has 0 aromatic carbocycles. The van der Waals surface area contributed by atoms with Crippen molar-refractivity contribution in [3.63, 3.8) is 0 Å². The van der Waals surface area contributed by atoms with Gasteiger partial charge in [0.1, 0.15) is 17.3 Å². The standard InChI is InChI=1S/C11H15Cl2N3/c1-16(8-4-2-3-5-8)11-9(6-12)10(13)14-7-15-11/h7-8H,2-6H2,1H3. The molecule has 88 valence electrons. The summed E-state index contributed by atoms with van der Waals surface area (Å²) in [6.45, 7) is 0. The number of halogens is 2. The molecule has 0 radical (unpaired) electrons. The van der Waals surface area contributed by atoms with Gasteiger partial charge in [0.15, 0.2) is 0 Å². The van der Waals surface area contributed by atoms with Crippen LogP contribution in [-0.2, 0) is 5.88 Å². The third-order valence-corrected chi connectivity index (χ3v) is 3.80. The first-order valence-corrected chi connectivity index (χ1v) is 6.43. The average molecular weight is 260 g/mol. The van der Waals surface area contributed by atoms with E-state index >= 15 is 0 Å². The maximum absolute atomic E-state index is 6.02. The smallest absolute Gasteiger partial charge is 0.138 e. The molecule has 1 fully saturated rings. The normalized spacial score (nSPS) is 16.7. The monoisotopic (exact) mass is 259 g/mol. The lowest BCUT2D eigenvalue weighted by Gasteiger charge is -2.27. The van der Waals surface area contributed by atoms with E-state index in [9.17, 15) is 0 Å². The van der Waals surface area contributed by atoms with Crippen LogP contribution in [0.4, 0.5) is 5.82 Å². The Morgan fingerprint density at radius 2 is 2.06 bits per heavy atom. The highest BCUT2D eigenvalue weighted by atomic mass is 35.5. The Hall–Kier alpha value is -0.540. The summed E-state index contributed by atoms with van der Waals surface area (Å²) in [5.41, 5.74) is 0.834. The minimum atomic E-state index is 0.353. The SMILES string of the molecule is CN(c1ncnc(Cl)c1CCl)C1CCCC1. The summed E-state index contributed by atoms with van der Waals surface area (Å²) in [5, 5.41) is 0.463. The summed E-state index contributed by atoms with van der Waals surface area (Å²) in [6.07, 6.45) is 6.53. The van der Waals surface area contributed by atoms with Gasteiger partial charge in [0, 0.05) is 18.7 Å². The van der Waals surface area contributed by atoms with Crippen LogP contribution in [0.15, 0.2) is 6.33 Å². The van der Waals surface area contributed by atoms with Crippen LogP contribution >= 0.6 is 23.2 Å². The molecule has 3 nitrogen and oxygen atoms in total. The predicted octanol–water partition coefficient (Wildman–Crippen LogP) is 3.25. The van der Waals surface area contributed by atoms with Crippen molar-refractivity contribution in [2.45, 2.75) is 37.6 Å². The molecule has 1 aliphatic carbocycles. The zero-order valence-corrected chi connectivity index (χ0v) is 10.8. The van der Waals surface area contributed by atoms with Gasteiger partial charge in [0.05, 0.1) is 5.88 Å². The molecule has 1 aromatic heterocycles. The Morgan fingerprint density at radius 3 is 2.69 bits per heavy atom. The van der Waals surface area contributed by atoms with Crippen LogP contribution in [0, 0.1) is 0 Å². The zero-order valence-electron chi connectivity index (χ0n) is 9.29. The summed E-state index contributed by atoms with van der Waals surface area (Å²) < 4.78 is 0. The first kappa shape index (κ1) is 11.9. The van der Waals surface area contributed by atoms with Gasteiger partial charge in [-0.05, 0) is 12.8 Å². The van der Waals surface area contributed by atoms with Crippen LogP contribution in [0.25, 0.3) is 0 Å². The molecule has 1 saturated carbocycles. The quantitative estimate of drug-likeness (QED) is 0.617. The molecular weight excluding hydrogens is 245 g/mol. The first-order valence-electron chi connectivity index (χ1n) is 5.52. The van der Waals surface area contributed by atoms with E-state index in [0.717, 1.165) is 11.4 Å². The molecule has 16 heavy (non-hydrogen) atoms. The van der Waals surface area contributed by atoms with Gasteiger partial charge in [0.2, 0.25) is 0 Å². The van der Waals surface area contributed by atoms with Crippen LogP contribution in [0.3, 0.4) is 0 Å². The fourth-order valence-corrected chi connectivity index (χ4v) is 2.78. The third kappa shape index (κ3) is 2.25. The van der Waals surface area contributed by atoms with Gasteiger partial charge in [-0.15, -0.1) is 11.6 Å². The van der Waals surface area contributed by atoms with E-state index in [1.54, 1.807) is 0 Å².